The van der Waals surface area contributed by atoms with Gasteiger partial charge in [-0.15, -0.1) is 0 Å². The van der Waals surface area contributed by atoms with E-state index in [-0.39, 0.29) is 12.5 Å². The van der Waals surface area contributed by atoms with Crippen LogP contribution < -0.4 is 11.1 Å². The number of halogens is 1. The Balaban J connectivity index is 1.95. The van der Waals surface area contributed by atoms with Crippen molar-refractivity contribution in [1.29, 1.82) is 0 Å². The first kappa shape index (κ1) is 11.4. The number of carbonyl (C=O) groups excluding carboxylic acids is 1. The molecule has 2 aromatic heterocycles. The van der Waals surface area contributed by atoms with Crippen molar-refractivity contribution >= 4 is 29.0 Å². The van der Waals surface area contributed by atoms with E-state index in [0.717, 1.165) is 0 Å². The second-order valence-corrected chi connectivity index (χ2v) is 3.74. The number of pyridine rings is 1. The topological polar surface area (TPSA) is 85.8 Å². The largest absolute Gasteiger partial charge is 0.382 e. The van der Waals surface area contributed by atoms with Crippen LogP contribution in [0.25, 0.3) is 0 Å². The van der Waals surface area contributed by atoms with E-state index < -0.39 is 0 Å². The van der Waals surface area contributed by atoms with Crippen molar-refractivity contribution in [3.63, 3.8) is 0 Å². The van der Waals surface area contributed by atoms with E-state index in [1.165, 1.54) is 10.9 Å². The smallest absolute Gasteiger partial charge is 0.246 e. The third-order valence-electron chi connectivity index (χ3n) is 1.98. The number of hydrogen-bond acceptors (Lipinski definition) is 4. The van der Waals surface area contributed by atoms with E-state index in [4.69, 9.17) is 17.3 Å². The van der Waals surface area contributed by atoms with Gasteiger partial charge >= 0.3 is 0 Å². The third-order valence-corrected chi connectivity index (χ3v) is 2.20. The summed E-state index contributed by atoms with van der Waals surface area (Å²) in [5.41, 5.74) is 6.02. The van der Waals surface area contributed by atoms with Gasteiger partial charge in [0.05, 0.1) is 11.9 Å². The molecular formula is C10H10ClN5O. The maximum Gasteiger partial charge on any atom is 0.246 e. The molecular weight excluding hydrogens is 242 g/mol. The van der Waals surface area contributed by atoms with Crippen LogP contribution in [0.2, 0.25) is 5.15 Å². The van der Waals surface area contributed by atoms with Crippen LogP contribution in [0.1, 0.15) is 0 Å². The molecule has 6 nitrogen and oxygen atoms in total. The molecule has 3 N–H and O–H groups in total. The number of amides is 1. The highest BCUT2D eigenvalue weighted by atomic mass is 35.5. The van der Waals surface area contributed by atoms with Gasteiger partial charge in [-0.1, -0.05) is 11.6 Å². The molecule has 0 aliphatic rings. The summed E-state index contributed by atoms with van der Waals surface area (Å²) in [5, 5.41) is 6.95. The number of aromatic nitrogens is 3. The minimum absolute atomic E-state index is 0.0971. The number of hydrogen-bond donors (Lipinski definition) is 2. The highest BCUT2D eigenvalue weighted by Gasteiger charge is 2.04. The monoisotopic (exact) mass is 251 g/mol. The first-order valence-corrected chi connectivity index (χ1v) is 5.21. The maximum absolute atomic E-state index is 11.6. The first-order valence-electron chi connectivity index (χ1n) is 4.84. The number of nitrogens with two attached hydrogens (primary N) is 1. The molecule has 0 aliphatic carbocycles. The molecule has 0 spiro atoms. The molecule has 0 aromatic carbocycles. The Morgan fingerprint density at radius 3 is 2.88 bits per heavy atom. The number of nitrogen functional groups attached to an aromatic ring is 1. The Bertz CT molecular complexity index is 522. The molecule has 0 aliphatic heterocycles. The van der Waals surface area contributed by atoms with E-state index in [0.29, 0.717) is 16.7 Å². The predicted octanol–water partition coefficient (Wildman–Crippen LogP) is 1.15. The van der Waals surface area contributed by atoms with Crippen LogP contribution in [-0.2, 0) is 11.3 Å². The molecule has 0 saturated carbocycles. The molecule has 17 heavy (non-hydrogen) atoms. The summed E-state index contributed by atoms with van der Waals surface area (Å²) in [6.07, 6.45) is 3.12. The fourth-order valence-electron chi connectivity index (χ4n) is 1.26. The first-order chi connectivity index (χ1) is 8.13. The van der Waals surface area contributed by atoms with Crippen molar-refractivity contribution in [3.05, 3.63) is 35.7 Å². The van der Waals surface area contributed by atoms with Crippen LogP contribution in [0.3, 0.4) is 0 Å². The number of rotatable bonds is 3. The molecule has 0 saturated heterocycles. The molecule has 2 aromatic rings. The van der Waals surface area contributed by atoms with Crippen molar-refractivity contribution in [2.75, 3.05) is 11.1 Å². The lowest BCUT2D eigenvalue weighted by molar-refractivity contribution is -0.116. The molecule has 1 amide bonds. The van der Waals surface area contributed by atoms with Gasteiger partial charge in [0.15, 0.2) is 0 Å². The Hall–Kier alpha value is -2.08. The van der Waals surface area contributed by atoms with E-state index >= 15 is 0 Å². The molecule has 7 heteroatoms. The highest BCUT2D eigenvalue weighted by molar-refractivity contribution is 6.29. The fourth-order valence-corrected chi connectivity index (χ4v) is 1.37. The number of nitrogens with one attached hydrogen (secondary N) is 1. The molecule has 0 radical (unpaired) electrons. The minimum Gasteiger partial charge on any atom is -0.382 e. The summed E-state index contributed by atoms with van der Waals surface area (Å²) in [4.78, 5) is 15.5. The third kappa shape index (κ3) is 3.18. The number of nitrogens with zero attached hydrogens (tertiary/aromatic N) is 3. The van der Waals surface area contributed by atoms with Gasteiger partial charge in [-0.05, 0) is 18.2 Å². The summed E-state index contributed by atoms with van der Waals surface area (Å²) >= 11 is 5.63. The summed E-state index contributed by atoms with van der Waals surface area (Å²) in [7, 11) is 0. The predicted molar refractivity (Wildman–Crippen MR) is 64.5 cm³/mol. The van der Waals surface area contributed by atoms with E-state index in [9.17, 15) is 4.79 Å². The normalized spacial score (nSPS) is 10.2. The molecule has 0 bridgehead atoms. The van der Waals surface area contributed by atoms with Crippen LogP contribution in [0.15, 0.2) is 30.6 Å². The zero-order valence-corrected chi connectivity index (χ0v) is 9.55. The standard InChI is InChI=1S/C10H10ClN5O/c11-8-2-1-7(5-13-8)14-10(17)6-16-4-3-9(12)15-16/h1-5H,6H2,(H2,12,15)(H,14,17). The Kier molecular flexibility index (Phi) is 3.24. The van der Waals surface area contributed by atoms with E-state index in [1.807, 2.05) is 0 Å². The van der Waals surface area contributed by atoms with Crippen molar-refractivity contribution in [3.8, 4) is 0 Å². The Morgan fingerprint density at radius 2 is 2.29 bits per heavy atom. The average Bonchev–Trinajstić information content (AvgIpc) is 2.67. The van der Waals surface area contributed by atoms with Crippen molar-refractivity contribution < 1.29 is 4.79 Å². The van der Waals surface area contributed by atoms with Crippen LogP contribution in [-0.4, -0.2) is 20.7 Å². The Labute approximate surface area is 102 Å². The average molecular weight is 252 g/mol. The van der Waals surface area contributed by atoms with Gasteiger partial charge in [-0.25, -0.2) is 4.98 Å². The maximum atomic E-state index is 11.6. The van der Waals surface area contributed by atoms with Crippen molar-refractivity contribution in [2.45, 2.75) is 6.54 Å². The zero-order chi connectivity index (χ0) is 12.3. The van der Waals surface area contributed by atoms with Gasteiger partial charge in [-0.3, -0.25) is 9.48 Å². The van der Waals surface area contributed by atoms with E-state index in [1.54, 1.807) is 24.4 Å². The summed E-state index contributed by atoms with van der Waals surface area (Å²) < 4.78 is 1.45. The van der Waals surface area contributed by atoms with Gasteiger partial charge < -0.3 is 11.1 Å². The summed E-state index contributed by atoms with van der Waals surface area (Å²) in [6, 6.07) is 4.89. The SMILES string of the molecule is Nc1ccn(CC(=O)Nc2ccc(Cl)nc2)n1. The molecule has 0 fully saturated rings. The number of anilines is 2. The van der Waals surface area contributed by atoms with Crippen LogP contribution in [0.4, 0.5) is 11.5 Å². The lowest BCUT2D eigenvalue weighted by Crippen LogP contribution is -2.19. The summed E-state index contributed by atoms with van der Waals surface area (Å²) in [5.74, 6) is 0.170. The fraction of sp³-hybridized carbons (Fsp3) is 0.100. The molecule has 0 unspecified atom stereocenters. The lowest BCUT2D eigenvalue weighted by atomic mass is 10.4. The van der Waals surface area contributed by atoms with Crippen LogP contribution in [0, 0.1) is 0 Å². The van der Waals surface area contributed by atoms with Gasteiger partial charge in [0.1, 0.15) is 17.5 Å². The van der Waals surface area contributed by atoms with Gasteiger partial charge in [0, 0.05) is 6.20 Å². The molecule has 88 valence electrons. The summed E-state index contributed by atoms with van der Waals surface area (Å²) in [6.45, 7) is 0.0971. The van der Waals surface area contributed by atoms with Crippen LogP contribution in [0.5, 0.6) is 0 Å². The van der Waals surface area contributed by atoms with Gasteiger partial charge in [0.25, 0.3) is 0 Å². The molecule has 2 rings (SSSR count). The van der Waals surface area contributed by atoms with Gasteiger partial charge in [0.2, 0.25) is 5.91 Å². The Morgan fingerprint density at radius 1 is 1.47 bits per heavy atom. The lowest BCUT2D eigenvalue weighted by Gasteiger charge is -2.04. The second kappa shape index (κ2) is 4.84. The highest BCUT2D eigenvalue weighted by Crippen LogP contribution is 2.09. The molecule has 0 atom stereocenters. The van der Waals surface area contributed by atoms with Crippen molar-refractivity contribution in [1.82, 2.24) is 14.8 Å². The zero-order valence-electron chi connectivity index (χ0n) is 8.80. The number of carbonyl (C=O) groups is 1. The van der Waals surface area contributed by atoms with Gasteiger partial charge in [-0.2, -0.15) is 5.10 Å². The quantitative estimate of drug-likeness (QED) is 0.802. The van der Waals surface area contributed by atoms with Crippen molar-refractivity contribution in [2.24, 2.45) is 0 Å². The molecule has 2 heterocycles. The second-order valence-electron chi connectivity index (χ2n) is 3.36. The minimum atomic E-state index is -0.211. The van der Waals surface area contributed by atoms with E-state index in [2.05, 4.69) is 15.4 Å². The van der Waals surface area contributed by atoms with Crippen LogP contribution >= 0.6 is 11.6 Å².